The van der Waals surface area contributed by atoms with Crippen molar-refractivity contribution in [3.8, 4) is 0 Å². The van der Waals surface area contributed by atoms with E-state index in [9.17, 15) is 0 Å². The maximum absolute atomic E-state index is 6.21. The zero-order valence-electron chi connectivity index (χ0n) is 12.8. The van der Waals surface area contributed by atoms with Crippen molar-refractivity contribution in [2.45, 2.75) is 26.4 Å². The fraction of sp³-hybridized carbons (Fsp3) is 0.467. The van der Waals surface area contributed by atoms with Gasteiger partial charge in [-0.05, 0) is 24.6 Å². The highest BCUT2D eigenvalue weighted by molar-refractivity contribution is 6.31. The molecule has 0 spiro atoms. The van der Waals surface area contributed by atoms with E-state index in [0.29, 0.717) is 11.6 Å². The number of nitrogens with one attached hydrogen (secondary N) is 1. The molecule has 0 saturated carbocycles. The lowest BCUT2D eigenvalue weighted by Gasteiger charge is -2.19. The molecule has 0 aromatic carbocycles. The molecule has 0 amide bonds. The van der Waals surface area contributed by atoms with Gasteiger partial charge in [-0.15, -0.1) is 0 Å². The van der Waals surface area contributed by atoms with Crippen molar-refractivity contribution in [1.29, 1.82) is 0 Å². The lowest BCUT2D eigenvalue weighted by atomic mass is 10.2. The molecule has 2 heterocycles. The van der Waals surface area contributed by atoms with Gasteiger partial charge in [0.15, 0.2) is 0 Å². The van der Waals surface area contributed by atoms with Gasteiger partial charge in [0.2, 0.25) is 0 Å². The summed E-state index contributed by atoms with van der Waals surface area (Å²) >= 11 is 6.21. The van der Waals surface area contributed by atoms with E-state index in [4.69, 9.17) is 11.6 Å². The average molecular weight is 308 g/mol. The van der Waals surface area contributed by atoms with Crippen LogP contribution in [0.5, 0.6) is 0 Å². The number of imidazole rings is 1. The largest absolute Gasteiger partial charge is 0.352 e. The van der Waals surface area contributed by atoms with Crippen LogP contribution in [0.25, 0.3) is 0 Å². The third-order valence-electron chi connectivity index (χ3n) is 3.35. The molecule has 6 heteroatoms. The zero-order valence-corrected chi connectivity index (χ0v) is 13.6. The number of hydrogen-bond acceptors (Lipinski definition) is 4. The molecule has 0 radical (unpaired) electrons. The predicted molar refractivity (Wildman–Crippen MR) is 86.6 cm³/mol. The predicted octanol–water partition coefficient (Wildman–Crippen LogP) is 2.60. The number of aryl methyl sites for hydroxylation is 1. The first-order chi connectivity index (χ1) is 10.1. The second kappa shape index (κ2) is 7.43. The average Bonchev–Trinajstić information content (AvgIpc) is 2.86. The van der Waals surface area contributed by atoms with Crippen LogP contribution in [0.1, 0.15) is 24.7 Å². The number of halogens is 1. The quantitative estimate of drug-likeness (QED) is 0.799. The lowest BCUT2D eigenvalue weighted by Crippen LogP contribution is -2.21. The maximum atomic E-state index is 6.21. The minimum Gasteiger partial charge on any atom is -0.352 e. The highest BCUT2D eigenvalue weighted by Crippen LogP contribution is 2.20. The Bertz CT molecular complexity index is 581. The van der Waals surface area contributed by atoms with Gasteiger partial charge in [0, 0.05) is 39.2 Å². The normalized spacial score (nSPS) is 10.9. The molecule has 0 bridgehead atoms. The van der Waals surface area contributed by atoms with E-state index in [2.05, 4.69) is 27.1 Å². The van der Waals surface area contributed by atoms with Gasteiger partial charge >= 0.3 is 0 Å². The van der Waals surface area contributed by atoms with Gasteiger partial charge < -0.3 is 14.8 Å². The van der Waals surface area contributed by atoms with Gasteiger partial charge in [-0.3, -0.25) is 0 Å². The van der Waals surface area contributed by atoms with Crippen LogP contribution in [-0.4, -0.2) is 28.1 Å². The van der Waals surface area contributed by atoms with Gasteiger partial charge in [0.1, 0.15) is 11.6 Å². The molecule has 2 rings (SSSR count). The highest BCUT2D eigenvalue weighted by Gasteiger charge is 2.09. The molecule has 114 valence electrons. The second-order valence-corrected chi connectivity index (χ2v) is 5.53. The molecule has 0 atom stereocenters. The van der Waals surface area contributed by atoms with E-state index in [0.717, 1.165) is 36.7 Å². The third kappa shape index (κ3) is 4.19. The van der Waals surface area contributed by atoms with E-state index in [1.165, 1.54) is 0 Å². The molecule has 0 saturated heterocycles. The Kier molecular flexibility index (Phi) is 5.59. The van der Waals surface area contributed by atoms with E-state index >= 15 is 0 Å². The van der Waals surface area contributed by atoms with E-state index < -0.39 is 0 Å². The summed E-state index contributed by atoms with van der Waals surface area (Å²) in [6, 6.07) is 2.04. The van der Waals surface area contributed by atoms with Crippen molar-refractivity contribution in [1.82, 2.24) is 19.9 Å². The molecule has 1 N–H and O–H groups in total. The van der Waals surface area contributed by atoms with Crippen LogP contribution in [0.3, 0.4) is 0 Å². The van der Waals surface area contributed by atoms with Crippen LogP contribution in [-0.2, 0) is 20.1 Å². The van der Waals surface area contributed by atoms with Crippen LogP contribution in [0.2, 0.25) is 5.02 Å². The minimum atomic E-state index is 0.702. The van der Waals surface area contributed by atoms with E-state index in [1.54, 1.807) is 12.4 Å². The second-order valence-electron chi connectivity index (χ2n) is 5.12. The number of hydrogen-bond donors (Lipinski definition) is 1. The summed E-state index contributed by atoms with van der Waals surface area (Å²) in [6.45, 7) is 4.60. The summed E-state index contributed by atoms with van der Waals surface area (Å²) in [4.78, 5) is 10.8. The summed E-state index contributed by atoms with van der Waals surface area (Å²) in [5, 5.41) is 4.07. The molecule has 0 fully saturated rings. The van der Waals surface area contributed by atoms with Crippen LogP contribution < -0.4 is 10.2 Å². The molecule has 0 aliphatic rings. The summed E-state index contributed by atoms with van der Waals surface area (Å²) < 4.78 is 2.01. The SMILES string of the molecule is CCCNCc1cc(N(C)Cc2nccn2C)ncc1Cl. The molecular weight excluding hydrogens is 286 g/mol. The van der Waals surface area contributed by atoms with Gasteiger partial charge in [-0.2, -0.15) is 0 Å². The van der Waals surface area contributed by atoms with Crippen molar-refractivity contribution < 1.29 is 0 Å². The molecular formula is C15H22ClN5. The van der Waals surface area contributed by atoms with Crippen molar-refractivity contribution >= 4 is 17.4 Å². The minimum absolute atomic E-state index is 0.702. The number of rotatable bonds is 7. The first kappa shape index (κ1) is 15.8. The third-order valence-corrected chi connectivity index (χ3v) is 3.69. The lowest BCUT2D eigenvalue weighted by molar-refractivity contribution is 0.674. The van der Waals surface area contributed by atoms with Crippen LogP contribution in [0.4, 0.5) is 5.82 Å². The van der Waals surface area contributed by atoms with Gasteiger partial charge in [0.05, 0.1) is 11.6 Å². The molecule has 5 nitrogen and oxygen atoms in total. The Morgan fingerprint density at radius 1 is 1.38 bits per heavy atom. The highest BCUT2D eigenvalue weighted by atomic mass is 35.5. The van der Waals surface area contributed by atoms with Crippen LogP contribution in [0, 0.1) is 0 Å². The van der Waals surface area contributed by atoms with Crippen molar-refractivity contribution in [3.05, 3.63) is 41.1 Å². The number of pyridine rings is 1. The van der Waals surface area contributed by atoms with Crippen molar-refractivity contribution in [2.75, 3.05) is 18.5 Å². The maximum Gasteiger partial charge on any atom is 0.129 e. The summed E-state index contributed by atoms with van der Waals surface area (Å²) in [5.74, 6) is 1.90. The standard InChI is InChI=1S/C15H22ClN5/c1-4-5-17-9-12-8-14(19-10-13(12)16)21(3)11-15-18-6-7-20(15)2/h6-8,10,17H,4-5,9,11H2,1-3H3. The van der Waals surface area contributed by atoms with Gasteiger partial charge in [-0.25, -0.2) is 9.97 Å². The summed E-state index contributed by atoms with van der Waals surface area (Å²) in [6.07, 6.45) is 6.57. The molecule has 2 aromatic heterocycles. The summed E-state index contributed by atoms with van der Waals surface area (Å²) in [5.41, 5.74) is 1.07. The van der Waals surface area contributed by atoms with Crippen molar-refractivity contribution in [2.24, 2.45) is 7.05 Å². The monoisotopic (exact) mass is 307 g/mol. The zero-order chi connectivity index (χ0) is 15.2. The van der Waals surface area contributed by atoms with E-state index in [-0.39, 0.29) is 0 Å². The van der Waals surface area contributed by atoms with Crippen LogP contribution in [0.15, 0.2) is 24.7 Å². The molecule has 2 aromatic rings. The van der Waals surface area contributed by atoms with Crippen molar-refractivity contribution in [3.63, 3.8) is 0 Å². The summed E-state index contributed by atoms with van der Waals surface area (Å²) in [7, 11) is 4.00. The Morgan fingerprint density at radius 3 is 2.86 bits per heavy atom. The number of aromatic nitrogens is 3. The number of nitrogens with zero attached hydrogens (tertiary/aromatic N) is 4. The topological polar surface area (TPSA) is 46.0 Å². The molecule has 0 aliphatic carbocycles. The first-order valence-electron chi connectivity index (χ1n) is 7.14. The van der Waals surface area contributed by atoms with E-state index in [1.807, 2.05) is 30.9 Å². The van der Waals surface area contributed by atoms with Gasteiger partial charge in [0.25, 0.3) is 0 Å². The number of anilines is 1. The Morgan fingerprint density at radius 2 is 2.19 bits per heavy atom. The fourth-order valence-corrected chi connectivity index (χ4v) is 2.22. The Hall–Kier alpha value is -1.59. The molecule has 0 unspecified atom stereocenters. The smallest absolute Gasteiger partial charge is 0.129 e. The first-order valence-corrected chi connectivity index (χ1v) is 7.52. The van der Waals surface area contributed by atoms with Crippen LogP contribution >= 0.6 is 11.6 Å². The Balaban J connectivity index is 2.08. The molecule has 0 aliphatic heterocycles. The molecule has 21 heavy (non-hydrogen) atoms. The fourth-order valence-electron chi connectivity index (χ4n) is 2.05. The Labute approximate surface area is 131 Å². The van der Waals surface area contributed by atoms with Gasteiger partial charge in [-0.1, -0.05) is 18.5 Å².